The van der Waals surface area contributed by atoms with Crippen molar-refractivity contribution in [3.05, 3.63) is 35.4 Å². The zero-order chi connectivity index (χ0) is 22.1. The van der Waals surface area contributed by atoms with Crippen LogP contribution in [-0.4, -0.2) is 113 Å². The molecule has 0 spiro atoms. The number of benzene rings is 1. The highest BCUT2D eigenvalue weighted by atomic mass is 16.4. The van der Waals surface area contributed by atoms with Crippen molar-refractivity contribution < 1.29 is 34.5 Å². The van der Waals surface area contributed by atoms with Gasteiger partial charge in [0.25, 0.3) is 0 Å². The van der Waals surface area contributed by atoms with Crippen molar-refractivity contribution in [1.29, 1.82) is 0 Å². The van der Waals surface area contributed by atoms with Gasteiger partial charge in [-0.2, -0.15) is 0 Å². The maximum Gasteiger partial charge on any atom is 0.317 e. The summed E-state index contributed by atoms with van der Waals surface area (Å²) in [6.07, 6.45) is 1.22. The Hall–Kier alpha value is -2.82. The smallest absolute Gasteiger partial charge is 0.317 e. The second-order valence-corrected chi connectivity index (χ2v) is 7.38. The molecule has 0 amide bonds. The number of hydrogen-bond acceptors (Lipinski definition) is 7. The van der Waals surface area contributed by atoms with Crippen LogP contribution in [-0.2, 0) is 20.8 Å². The monoisotopic (exact) mass is 421 g/mol. The van der Waals surface area contributed by atoms with Crippen molar-refractivity contribution >= 4 is 24.2 Å². The Balaban J connectivity index is 2.27. The molecular formula is C20H27N3O7. The second kappa shape index (κ2) is 11.4. The zero-order valence-electron chi connectivity index (χ0n) is 16.6. The largest absolute Gasteiger partial charge is 0.480 e. The summed E-state index contributed by atoms with van der Waals surface area (Å²) in [4.78, 5) is 49.9. The fourth-order valence-corrected chi connectivity index (χ4v) is 3.62. The van der Waals surface area contributed by atoms with Crippen molar-refractivity contribution in [3.63, 3.8) is 0 Å². The first kappa shape index (κ1) is 23.5. The first-order chi connectivity index (χ1) is 14.3. The second-order valence-electron chi connectivity index (χ2n) is 7.38. The van der Waals surface area contributed by atoms with Crippen LogP contribution in [0.15, 0.2) is 24.3 Å². The molecule has 0 aromatic heterocycles. The molecule has 1 fully saturated rings. The van der Waals surface area contributed by atoms with Crippen LogP contribution in [0.3, 0.4) is 0 Å². The number of carboxylic acids is 3. The van der Waals surface area contributed by atoms with Crippen LogP contribution < -0.4 is 0 Å². The van der Waals surface area contributed by atoms with E-state index in [1.54, 1.807) is 39.0 Å². The number of nitrogens with zero attached hydrogens (tertiary/aromatic N) is 3. The Bertz CT molecular complexity index is 753. The molecule has 1 aliphatic heterocycles. The lowest BCUT2D eigenvalue weighted by atomic mass is 10.0. The van der Waals surface area contributed by atoms with Crippen molar-refractivity contribution in [2.45, 2.75) is 12.5 Å². The molecular weight excluding hydrogens is 394 g/mol. The van der Waals surface area contributed by atoms with Gasteiger partial charge in [0.15, 0.2) is 0 Å². The number of carbonyl (C=O) groups excluding carboxylic acids is 1. The number of carbonyl (C=O) groups is 4. The van der Waals surface area contributed by atoms with Crippen LogP contribution in [0.1, 0.15) is 15.9 Å². The third-order valence-corrected chi connectivity index (χ3v) is 5.06. The molecule has 1 aliphatic rings. The van der Waals surface area contributed by atoms with Gasteiger partial charge in [0, 0.05) is 44.3 Å². The van der Waals surface area contributed by atoms with Gasteiger partial charge in [0.05, 0.1) is 19.6 Å². The van der Waals surface area contributed by atoms with Crippen LogP contribution >= 0.6 is 0 Å². The number of aldehydes is 1. The minimum Gasteiger partial charge on any atom is -0.480 e. The van der Waals surface area contributed by atoms with Crippen molar-refractivity contribution in [1.82, 2.24) is 14.7 Å². The van der Waals surface area contributed by atoms with Gasteiger partial charge in [-0.1, -0.05) is 24.3 Å². The standard InChI is InChI=1S/C20H27N3O7/c24-14-16-3-1-15(2-4-16)9-17-10-22(12-19(27)28)6-5-21(11-18(25)26)7-8-23(17)13-20(29)30/h1-4,14,17H,5-13H2,(H,25,26)(H,27,28)(H,29,30). The first-order valence-electron chi connectivity index (χ1n) is 9.65. The fraction of sp³-hybridized carbons (Fsp3) is 0.500. The van der Waals surface area contributed by atoms with E-state index in [9.17, 15) is 29.4 Å². The average Bonchev–Trinajstić information content (AvgIpc) is 2.73. The topological polar surface area (TPSA) is 139 Å². The summed E-state index contributed by atoms with van der Waals surface area (Å²) in [6.45, 7) is 1.12. The highest BCUT2D eigenvalue weighted by molar-refractivity contribution is 5.74. The quantitative estimate of drug-likeness (QED) is 0.451. The molecule has 0 aliphatic carbocycles. The van der Waals surface area contributed by atoms with E-state index in [1.807, 2.05) is 0 Å². The van der Waals surface area contributed by atoms with E-state index in [1.165, 1.54) is 0 Å². The lowest BCUT2D eigenvalue weighted by molar-refractivity contribution is -0.140. The van der Waals surface area contributed by atoms with Crippen LogP contribution in [0.25, 0.3) is 0 Å². The molecule has 1 aromatic rings. The molecule has 10 heteroatoms. The van der Waals surface area contributed by atoms with Crippen molar-refractivity contribution in [3.8, 4) is 0 Å². The van der Waals surface area contributed by atoms with Gasteiger partial charge < -0.3 is 15.3 Å². The summed E-state index contributed by atoms with van der Waals surface area (Å²) in [5.74, 6) is -3.00. The summed E-state index contributed by atoms with van der Waals surface area (Å²) >= 11 is 0. The van der Waals surface area contributed by atoms with Crippen LogP contribution in [0.2, 0.25) is 0 Å². The van der Waals surface area contributed by atoms with E-state index in [-0.39, 0.29) is 25.7 Å². The molecule has 2 rings (SSSR count). The van der Waals surface area contributed by atoms with Crippen LogP contribution in [0, 0.1) is 0 Å². The molecule has 1 aromatic carbocycles. The lowest BCUT2D eigenvalue weighted by Gasteiger charge is -2.33. The summed E-state index contributed by atoms with van der Waals surface area (Å²) in [7, 11) is 0. The molecule has 30 heavy (non-hydrogen) atoms. The number of carboxylic acid groups (broad SMARTS) is 3. The molecule has 1 heterocycles. The van der Waals surface area contributed by atoms with Gasteiger partial charge in [-0.25, -0.2) is 0 Å². The SMILES string of the molecule is O=Cc1ccc(CC2CN(CC(=O)O)CCN(CC(=O)O)CCN2CC(=O)O)cc1. The Labute approximate surface area is 174 Å². The number of rotatable bonds is 9. The number of hydrogen-bond donors (Lipinski definition) is 3. The average molecular weight is 421 g/mol. The minimum atomic E-state index is -1.01. The molecule has 0 saturated carbocycles. The minimum absolute atomic E-state index is 0.195. The van der Waals surface area contributed by atoms with Crippen LogP contribution in [0.5, 0.6) is 0 Å². The van der Waals surface area contributed by atoms with Crippen molar-refractivity contribution in [2.24, 2.45) is 0 Å². The predicted octanol–water partition coefficient (Wildman–Crippen LogP) is -0.416. The molecule has 10 nitrogen and oxygen atoms in total. The summed E-state index contributed by atoms with van der Waals surface area (Å²) in [5, 5.41) is 27.8. The molecule has 1 saturated heterocycles. The molecule has 3 N–H and O–H groups in total. The Kier molecular flexibility index (Phi) is 8.90. The highest BCUT2D eigenvalue weighted by Gasteiger charge is 2.27. The van der Waals surface area contributed by atoms with Gasteiger partial charge in [-0.15, -0.1) is 0 Å². The van der Waals surface area contributed by atoms with Crippen LogP contribution in [0.4, 0.5) is 0 Å². The molecule has 164 valence electrons. The van der Waals surface area contributed by atoms with Gasteiger partial charge >= 0.3 is 17.9 Å². The molecule has 1 atom stereocenters. The summed E-state index contributed by atoms with van der Waals surface area (Å²) in [6, 6.07) is 6.68. The van der Waals surface area contributed by atoms with Gasteiger partial charge in [0.1, 0.15) is 6.29 Å². The molecule has 0 radical (unpaired) electrons. The first-order valence-corrected chi connectivity index (χ1v) is 9.65. The molecule has 0 bridgehead atoms. The zero-order valence-corrected chi connectivity index (χ0v) is 16.6. The van der Waals surface area contributed by atoms with E-state index in [2.05, 4.69) is 0 Å². The highest BCUT2D eigenvalue weighted by Crippen LogP contribution is 2.14. The lowest BCUT2D eigenvalue weighted by Crippen LogP contribution is -2.49. The van der Waals surface area contributed by atoms with E-state index in [0.717, 1.165) is 11.8 Å². The molecule has 1 unspecified atom stereocenters. The van der Waals surface area contributed by atoms with E-state index in [4.69, 9.17) is 5.11 Å². The van der Waals surface area contributed by atoms with Gasteiger partial charge in [-0.05, 0) is 12.0 Å². The normalized spacial score (nSPS) is 19.4. The Morgan fingerprint density at radius 2 is 1.37 bits per heavy atom. The van der Waals surface area contributed by atoms with E-state index < -0.39 is 17.9 Å². The maximum absolute atomic E-state index is 11.5. The van der Waals surface area contributed by atoms with Gasteiger partial charge in [-0.3, -0.25) is 33.9 Å². The fourth-order valence-electron chi connectivity index (χ4n) is 3.62. The van der Waals surface area contributed by atoms with E-state index >= 15 is 0 Å². The number of aliphatic carboxylic acids is 3. The van der Waals surface area contributed by atoms with Gasteiger partial charge in [0.2, 0.25) is 0 Å². The third-order valence-electron chi connectivity index (χ3n) is 5.06. The van der Waals surface area contributed by atoms with Crippen molar-refractivity contribution in [2.75, 3.05) is 52.4 Å². The maximum atomic E-state index is 11.5. The van der Waals surface area contributed by atoms with E-state index in [0.29, 0.717) is 44.7 Å². The Morgan fingerprint density at radius 3 is 1.93 bits per heavy atom. The summed E-state index contributed by atoms with van der Waals surface area (Å²) in [5.41, 5.74) is 1.44. The summed E-state index contributed by atoms with van der Waals surface area (Å²) < 4.78 is 0. The Morgan fingerprint density at radius 1 is 0.833 bits per heavy atom. The predicted molar refractivity (Wildman–Crippen MR) is 107 cm³/mol. The third kappa shape index (κ3) is 7.90.